The Kier molecular flexibility index (Phi) is 2.76. The molecule has 0 saturated heterocycles. The van der Waals surface area contributed by atoms with Crippen LogP contribution in [0, 0.1) is 20.8 Å². The van der Waals surface area contributed by atoms with E-state index < -0.39 is 0 Å². The van der Waals surface area contributed by atoms with Crippen LogP contribution in [0.2, 0.25) is 0 Å². The number of nitrogens with zero attached hydrogens (tertiary/aromatic N) is 1. The Balaban J connectivity index is 2.77. The van der Waals surface area contributed by atoms with Crippen LogP contribution in [0.25, 0.3) is 5.69 Å². The van der Waals surface area contributed by atoms with Crippen LogP contribution in [0.3, 0.4) is 0 Å². The SMILES string of the molecule is Cc1cccc(-n2c(C)cc(C)c(N)c2=O)c1. The van der Waals surface area contributed by atoms with Gasteiger partial charge >= 0.3 is 0 Å². The third-order valence-corrected chi connectivity index (χ3v) is 2.90. The van der Waals surface area contributed by atoms with Crippen molar-refractivity contribution in [1.29, 1.82) is 0 Å². The lowest BCUT2D eigenvalue weighted by Crippen LogP contribution is -2.24. The fourth-order valence-corrected chi connectivity index (χ4v) is 1.99. The first-order valence-corrected chi connectivity index (χ1v) is 5.56. The average Bonchev–Trinajstić information content (AvgIpc) is 2.26. The van der Waals surface area contributed by atoms with Gasteiger partial charge in [-0.3, -0.25) is 9.36 Å². The van der Waals surface area contributed by atoms with Gasteiger partial charge in [0.2, 0.25) is 0 Å². The first-order valence-electron chi connectivity index (χ1n) is 5.56. The number of hydrogen-bond acceptors (Lipinski definition) is 2. The van der Waals surface area contributed by atoms with Gasteiger partial charge in [-0.1, -0.05) is 12.1 Å². The first-order chi connectivity index (χ1) is 8.00. The summed E-state index contributed by atoms with van der Waals surface area (Å²) in [6.07, 6.45) is 0. The van der Waals surface area contributed by atoms with Gasteiger partial charge in [0.05, 0.1) is 0 Å². The summed E-state index contributed by atoms with van der Waals surface area (Å²) in [4.78, 5) is 12.2. The molecule has 0 aliphatic heterocycles. The summed E-state index contributed by atoms with van der Waals surface area (Å²) in [7, 11) is 0. The number of aryl methyl sites for hydroxylation is 3. The van der Waals surface area contributed by atoms with E-state index in [-0.39, 0.29) is 5.56 Å². The Hall–Kier alpha value is -2.03. The summed E-state index contributed by atoms with van der Waals surface area (Å²) in [5.74, 6) is 0. The molecule has 0 unspecified atom stereocenters. The van der Waals surface area contributed by atoms with Crippen LogP contribution in [0.5, 0.6) is 0 Å². The lowest BCUT2D eigenvalue weighted by Gasteiger charge is -2.13. The molecule has 0 aliphatic carbocycles. The number of hydrogen-bond donors (Lipinski definition) is 1. The summed E-state index contributed by atoms with van der Waals surface area (Å²) in [5, 5.41) is 0. The molecule has 0 fully saturated rings. The predicted molar refractivity (Wildman–Crippen MR) is 70.7 cm³/mol. The topological polar surface area (TPSA) is 48.0 Å². The molecule has 0 spiro atoms. The van der Waals surface area contributed by atoms with E-state index in [2.05, 4.69) is 0 Å². The molecule has 0 bridgehead atoms. The molecule has 0 atom stereocenters. The van der Waals surface area contributed by atoms with Crippen molar-refractivity contribution in [2.75, 3.05) is 5.73 Å². The highest BCUT2D eigenvalue weighted by atomic mass is 16.1. The predicted octanol–water partition coefficient (Wildman–Crippen LogP) is 2.34. The number of nitrogens with two attached hydrogens (primary N) is 1. The highest BCUT2D eigenvalue weighted by molar-refractivity contribution is 5.49. The smallest absolute Gasteiger partial charge is 0.278 e. The molecular formula is C14H16N2O. The first kappa shape index (κ1) is 11.5. The van der Waals surface area contributed by atoms with E-state index in [1.54, 1.807) is 4.57 Å². The zero-order valence-corrected chi connectivity index (χ0v) is 10.3. The Labute approximate surface area is 101 Å². The van der Waals surface area contributed by atoms with Gasteiger partial charge in [0.25, 0.3) is 5.56 Å². The molecule has 1 aromatic carbocycles. The van der Waals surface area contributed by atoms with Crippen molar-refractivity contribution in [2.24, 2.45) is 0 Å². The molecule has 0 aliphatic rings. The maximum Gasteiger partial charge on any atom is 0.278 e. The van der Waals surface area contributed by atoms with Crippen molar-refractivity contribution in [3.8, 4) is 5.69 Å². The van der Waals surface area contributed by atoms with Crippen LogP contribution in [0.15, 0.2) is 35.1 Å². The van der Waals surface area contributed by atoms with E-state index in [9.17, 15) is 4.79 Å². The van der Waals surface area contributed by atoms with Crippen molar-refractivity contribution in [1.82, 2.24) is 4.57 Å². The normalized spacial score (nSPS) is 10.5. The molecule has 2 N–H and O–H groups in total. The van der Waals surface area contributed by atoms with Gasteiger partial charge < -0.3 is 5.73 Å². The van der Waals surface area contributed by atoms with Crippen LogP contribution in [0.4, 0.5) is 5.69 Å². The second-order valence-corrected chi connectivity index (χ2v) is 4.36. The van der Waals surface area contributed by atoms with E-state index in [1.807, 2.05) is 51.1 Å². The van der Waals surface area contributed by atoms with Gasteiger partial charge in [-0.05, 0) is 50.1 Å². The van der Waals surface area contributed by atoms with Crippen molar-refractivity contribution in [3.05, 3.63) is 57.5 Å². The third kappa shape index (κ3) is 1.96. The number of aromatic nitrogens is 1. The van der Waals surface area contributed by atoms with Crippen molar-refractivity contribution < 1.29 is 0 Å². The lowest BCUT2D eigenvalue weighted by atomic mass is 10.1. The summed E-state index contributed by atoms with van der Waals surface area (Å²) in [6.45, 7) is 5.77. The van der Waals surface area contributed by atoms with Gasteiger partial charge in [0, 0.05) is 11.4 Å². The van der Waals surface area contributed by atoms with Crippen LogP contribution in [-0.2, 0) is 0 Å². The third-order valence-electron chi connectivity index (χ3n) is 2.90. The van der Waals surface area contributed by atoms with E-state index in [0.29, 0.717) is 5.69 Å². The molecule has 2 rings (SSSR count). The summed E-state index contributed by atoms with van der Waals surface area (Å²) < 4.78 is 1.65. The van der Waals surface area contributed by atoms with Gasteiger partial charge in [-0.2, -0.15) is 0 Å². The summed E-state index contributed by atoms with van der Waals surface area (Å²) >= 11 is 0. The van der Waals surface area contributed by atoms with Crippen molar-refractivity contribution in [2.45, 2.75) is 20.8 Å². The molecule has 88 valence electrons. The molecule has 0 amide bonds. The Morgan fingerprint density at radius 3 is 2.47 bits per heavy atom. The number of rotatable bonds is 1. The minimum absolute atomic E-state index is 0.145. The Morgan fingerprint density at radius 2 is 1.82 bits per heavy atom. The van der Waals surface area contributed by atoms with E-state index >= 15 is 0 Å². The van der Waals surface area contributed by atoms with E-state index in [0.717, 1.165) is 22.5 Å². The standard InChI is InChI=1S/C14H16N2O/c1-9-5-4-6-12(7-9)16-11(3)8-10(2)13(15)14(16)17/h4-8H,15H2,1-3H3. The van der Waals surface area contributed by atoms with Crippen LogP contribution >= 0.6 is 0 Å². The van der Waals surface area contributed by atoms with Gasteiger partial charge in [0.1, 0.15) is 5.69 Å². The number of pyridine rings is 1. The molecule has 1 aromatic heterocycles. The van der Waals surface area contributed by atoms with Crippen LogP contribution < -0.4 is 11.3 Å². The molecular weight excluding hydrogens is 212 g/mol. The van der Waals surface area contributed by atoms with Crippen molar-refractivity contribution >= 4 is 5.69 Å². The molecule has 0 radical (unpaired) electrons. The second kappa shape index (κ2) is 4.09. The van der Waals surface area contributed by atoms with Gasteiger partial charge in [-0.15, -0.1) is 0 Å². The maximum absolute atomic E-state index is 12.2. The summed E-state index contributed by atoms with van der Waals surface area (Å²) in [5.41, 5.74) is 9.67. The molecule has 3 heteroatoms. The number of anilines is 1. The van der Waals surface area contributed by atoms with E-state index in [4.69, 9.17) is 5.73 Å². The molecule has 1 heterocycles. The fourth-order valence-electron chi connectivity index (χ4n) is 1.99. The largest absolute Gasteiger partial charge is 0.394 e. The number of benzene rings is 1. The molecule has 2 aromatic rings. The minimum atomic E-state index is -0.145. The quantitative estimate of drug-likeness (QED) is 0.814. The Bertz CT molecular complexity index is 627. The monoisotopic (exact) mass is 228 g/mol. The average molecular weight is 228 g/mol. The molecule has 3 nitrogen and oxygen atoms in total. The fraction of sp³-hybridized carbons (Fsp3) is 0.214. The second-order valence-electron chi connectivity index (χ2n) is 4.36. The highest BCUT2D eigenvalue weighted by Gasteiger charge is 2.08. The van der Waals surface area contributed by atoms with Crippen LogP contribution in [-0.4, -0.2) is 4.57 Å². The van der Waals surface area contributed by atoms with Crippen LogP contribution in [0.1, 0.15) is 16.8 Å². The zero-order chi connectivity index (χ0) is 12.6. The molecule has 0 saturated carbocycles. The Morgan fingerprint density at radius 1 is 1.12 bits per heavy atom. The van der Waals surface area contributed by atoms with Gasteiger partial charge in [0.15, 0.2) is 0 Å². The molecule has 17 heavy (non-hydrogen) atoms. The number of nitrogen functional groups attached to an aromatic ring is 1. The highest BCUT2D eigenvalue weighted by Crippen LogP contribution is 2.14. The lowest BCUT2D eigenvalue weighted by molar-refractivity contribution is 0.930. The summed E-state index contributed by atoms with van der Waals surface area (Å²) in [6, 6.07) is 9.76. The zero-order valence-electron chi connectivity index (χ0n) is 10.3. The van der Waals surface area contributed by atoms with E-state index in [1.165, 1.54) is 0 Å². The van der Waals surface area contributed by atoms with Crippen molar-refractivity contribution in [3.63, 3.8) is 0 Å². The maximum atomic E-state index is 12.2. The van der Waals surface area contributed by atoms with Gasteiger partial charge in [-0.25, -0.2) is 0 Å². The minimum Gasteiger partial charge on any atom is -0.394 e.